The van der Waals surface area contributed by atoms with E-state index in [2.05, 4.69) is 166 Å². The van der Waals surface area contributed by atoms with Crippen LogP contribution in [0.3, 0.4) is 0 Å². The minimum atomic E-state index is -0.224. The van der Waals surface area contributed by atoms with Gasteiger partial charge in [-0.25, -0.2) is 0 Å². The molecule has 4 heteroatoms. The molecule has 3 heterocycles. The summed E-state index contributed by atoms with van der Waals surface area (Å²) in [4.78, 5) is 4.67. The molecule has 9 rings (SSSR count). The first-order chi connectivity index (χ1) is 23.2. The zero-order valence-corrected chi connectivity index (χ0v) is 26.3. The van der Waals surface area contributed by atoms with E-state index in [1.54, 1.807) is 0 Å². The van der Waals surface area contributed by atoms with Crippen LogP contribution in [0.2, 0.25) is 0 Å². The van der Waals surface area contributed by atoms with Gasteiger partial charge in [0, 0.05) is 40.3 Å². The average Bonchev–Trinajstić information content (AvgIpc) is 3.65. The van der Waals surface area contributed by atoms with Gasteiger partial charge in [0.15, 0.2) is 0 Å². The first-order valence-electron chi connectivity index (χ1n) is 16.5. The summed E-state index contributed by atoms with van der Waals surface area (Å²) in [6.07, 6.45) is 7.96. The van der Waals surface area contributed by atoms with E-state index in [1.807, 2.05) is 7.05 Å². The fourth-order valence-electron chi connectivity index (χ4n) is 8.16. The molecule has 5 aromatic carbocycles. The molecule has 0 spiro atoms. The first-order valence-corrected chi connectivity index (χ1v) is 16.5. The van der Waals surface area contributed by atoms with Crippen LogP contribution < -0.4 is 4.90 Å². The maximum Gasteiger partial charge on any atom is 0.123 e. The second-order valence-corrected chi connectivity index (χ2v) is 12.8. The maximum absolute atomic E-state index is 9.95. The molecule has 0 N–H and O–H groups in total. The molecule has 2 aliphatic heterocycles. The number of fused-ring (bicyclic) bond motifs is 7. The molecule has 0 radical (unpaired) electrons. The summed E-state index contributed by atoms with van der Waals surface area (Å²) < 4.78 is 2.49. The summed E-state index contributed by atoms with van der Waals surface area (Å²) >= 11 is 0. The van der Waals surface area contributed by atoms with Crippen LogP contribution in [0.15, 0.2) is 140 Å². The summed E-state index contributed by atoms with van der Waals surface area (Å²) in [5.74, 6) is 0.170. The number of para-hydroxylation sites is 3. The number of aromatic nitrogens is 1. The highest BCUT2D eigenvalue weighted by Gasteiger charge is 2.43. The van der Waals surface area contributed by atoms with Gasteiger partial charge in [0.05, 0.1) is 23.5 Å². The van der Waals surface area contributed by atoms with Crippen LogP contribution in [0.5, 0.6) is 0 Å². The Morgan fingerprint density at radius 1 is 0.723 bits per heavy atom. The van der Waals surface area contributed by atoms with Gasteiger partial charge in [0.25, 0.3) is 0 Å². The van der Waals surface area contributed by atoms with Crippen LogP contribution in [0.4, 0.5) is 11.4 Å². The summed E-state index contributed by atoms with van der Waals surface area (Å²) in [5, 5.41) is 11.2. The predicted octanol–water partition coefficient (Wildman–Crippen LogP) is 9.59. The van der Waals surface area contributed by atoms with Gasteiger partial charge in [-0.3, -0.25) is 4.90 Å². The van der Waals surface area contributed by atoms with Crippen molar-refractivity contribution in [3.63, 3.8) is 0 Å². The van der Waals surface area contributed by atoms with E-state index in [0.717, 1.165) is 29.7 Å². The summed E-state index contributed by atoms with van der Waals surface area (Å²) in [6, 6.07) is 48.6. The second kappa shape index (κ2) is 11.0. The number of hydrogen-bond acceptors (Lipinski definition) is 3. The lowest BCUT2D eigenvalue weighted by atomic mass is 9.84. The van der Waals surface area contributed by atoms with Gasteiger partial charge in [-0.1, -0.05) is 103 Å². The Morgan fingerprint density at radius 3 is 2.32 bits per heavy atom. The van der Waals surface area contributed by atoms with Crippen LogP contribution in [-0.4, -0.2) is 35.1 Å². The molecule has 226 valence electrons. The minimum Gasteiger partial charge on any atom is -0.333 e. The number of likely N-dealkylation sites (N-methyl/N-ethyl adjacent to an activating group) is 1. The molecule has 1 aliphatic carbocycles. The highest BCUT2D eigenvalue weighted by Crippen LogP contribution is 2.53. The van der Waals surface area contributed by atoms with E-state index < -0.39 is 0 Å². The van der Waals surface area contributed by atoms with Gasteiger partial charge in [0.1, 0.15) is 6.04 Å². The third-order valence-electron chi connectivity index (χ3n) is 10.2. The van der Waals surface area contributed by atoms with Crippen molar-refractivity contribution in [3.8, 4) is 22.9 Å². The highest BCUT2D eigenvalue weighted by atomic mass is 15.2. The third kappa shape index (κ3) is 4.31. The van der Waals surface area contributed by atoms with Gasteiger partial charge in [-0.15, -0.1) is 0 Å². The monoisotopic (exact) mass is 606 g/mol. The molecule has 3 atom stereocenters. The summed E-state index contributed by atoms with van der Waals surface area (Å²) in [6.45, 7) is 0.908. The van der Waals surface area contributed by atoms with E-state index in [-0.39, 0.29) is 18.0 Å². The van der Waals surface area contributed by atoms with Crippen molar-refractivity contribution in [2.24, 2.45) is 0 Å². The van der Waals surface area contributed by atoms with Crippen LogP contribution in [0.25, 0.3) is 39.4 Å². The van der Waals surface area contributed by atoms with Crippen molar-refractivity contribution in [3.05, 3.63) is 162 Å². The average molecular weight is 607 g/mol. The molecule has 3 aliphatic rings. The fraction of sp³-hybridized carbons (Fsp3) is 0.140. The quantitative estimate of drug-likeness (QED) is 0.200. The number of rotatable bonds is 4. The zero-order chi connectivity index (χ0) is 31.5. The lowest BCUT2D eigenvalue weighted by Gasteiger charge is -2.32. The van der Waals surface area contributed by atoms with Crippen molar-refractivity contribution in [2.45, 2.75) is 24.4 Å². The molecule has 4 nitrogen and oxygen atoms in total. The van der Waals surface area contributed by atoms with Crippen molar-refractivity contribution >= 4 is 33.9 Å². The van der Waals surface area contributed by atoms with Crippen molar-refractivity contribution in [1.82, 2.24) is 9.47 Å². The molecule has 1 aromatic heterocycles. The topological polar surface area (TPSA) is 35.2 Å². The van der Waals surface area contributed by atoms with Crippen LogP contribution in [0.1, 0.15) is 34.7 Å². The van der Waals surface area contributed by atoms with E-state index in [0.29, 0.717) is 0 Å². The fourth-order valence-corrected chi connectivity index (χ4v) is 8.16. The molecule has 0 saturated heterocycles. The Bertz CT molecular complexity index is 2270. The molecule has 0 fully saturated rings. The van der Waals surface area contributed by atoms with Gasteiger partial charge in [-0.05, 0) is 83.8 Å². The zero-order valence-electron chi connectivity index (χ0n) is 26.3. The normalized spacial score (nSPS) is 20.0. The summed E-state index contributed by atoms with van der Waals surface area (Å²) in [5.41, 5.74) is 13.4. The SMILES string of the molecule is CN1CCC=C(c2cccc(-c3cccc(N4c5ccccc5C5c6c(c7ccccc7n6-c6ccccc6)C=CC54)c3)c2)C1C#N. The number of nitrogens with zero attached hydrogens (tertiary/aromatic N) is 4. The van der Waals surface area contributed by atoms with Gasteiger partial charge >= 0.3 is 0 Å². The minimum absolute atomic E-state index is 0.132. The number of nitriles is 1. The smallest absolute Gasteiger partial charge is 0.123 e. The lowest BCUT2D eigenvalue weighted by molar-refractivity contribution is 0.326. The molecule has 6 aromatic rings. The number of anilines is 2. The van der Waals surface area contributed by atoms with Crippen LogP contribution in [0, 0.1) is 11.3 Å². The van der Waals surface area contributed by atoms with E-state index in [9.17, 15) is 5.26 Å². The van der Waals surface area contributed by atoms with Crippen molar-refractivity contribution < 1.29 is 0 Å². The molecule has 0 bridgehead atoms. The van der Waals surface area contributed by atoms with Gasteiger partial charge in [-0.2, -0.15) is 5.26 Å². The Balaban J connectivity index is 1.16. The molecule has 0 saturated carbocycles. The number of benzene rings is 5. The Morgan fingerprint density at radius 2 is 1.45 bits per heavy atom. The number of hydrogen-bond donors (Lipinski definition) is 0. The molecular weight excluding hydrogens is 573 g/mol. The van der Waals surface area contributed by atoms with Crippen LogP contribution in [-0.2, 0) is 0 Å². The first kappa shape index (κ1) is 27.7. The van der Waals surface area contributed by atoms with Gasteiger partial charge < -0.3 is 9.47 Å². The third-order valence-corrected chi connectivity index (χ3v) is 10.2. The van der Waals surface area contributed by atoms with Crippen molar-refractivity contribution in [2.75, 3.05) is 18.5 Å². The molecule has 47 heavy (non-hydrogen) atoms. The largest absolute Gasteiger partial charge is 0.333 e. The highest BCUT2D eigenvalue weighted by molar-refractivity contribution is 5.95. The second-order valence-electron chi connectivity index (χ2n) is 12.8. The Kier molecular flexibility index (Phi) is 6.48. The standard InChI is InChI=1S/C43H34N4/c1-45-25-11-20-34(41(45)28-44)31-14-9-12-29(26-31)30-13-10-17-33(27-30)46-39-22-8-6-19-37(39)42-40(46)24-23-36-35-18-5-7-21-38(35)47(43(36)42)32-15-3-2-4-16-32/h2-10,12-24,26-27,40-42H,11,25H2,1H3. The predicted molar refractivity (Wildman–Crippen MR) is 193 cm³/mol. The Hall–Kier alpha value is -5.63. The van der Waals surface area contributed by atoms with E-state index >= 15 is 0 Å². The Labute approximate surface area is 275 Å². The molecule has 0 amide bonds. The van der Waals surface area contributed by atoms with Crippen LogP contribution >= 0.6 is 0 Å². The van der Waals surface area contributed by atoms with E-state index in [4.69, 9.17) is 0 Å². The molecular formula is C43H34N4. The van der Waals surface area contributed by atoms with Crippen molar-refractivity contribution in [1.29, 1.82) is 5.26 Å². The molecule has 3 unspecified atom stereocenters. The maximum atomic E-state index is 9.95. The summed E-state index contributed by atoms with van der Waals surface area (Å²) in [7, 11) is 2.04. The lowest BCUT2D eigenvalue weighted by Crippen LogP contribution is -2.35. The van der Waals surface area contributed by atoms with Gasteiger partial charge in [0.2, 0.25) is 0 Å². The van der Waals surface area contributed by atoms with E-state index in [1.165, 1.54) is 50.3 Å².